The van der Waals surface area contributed by atoms with E-state index in [9.17, 15) is 22.8 Å². The molecule has 1 atom stereocenters. The van der Waals surface area contributed by atoms with E-state index in [1.807, 2.05) is 0 Å². The van der Waals surface area contributed by atoms with Crippen LogP contribution in [0.25, 0.3) is 0 Å². The monoisotopic (exact) mass is 263 g/mol. The number of rotatable bonds is 3. The Morgan fingerprint density at radius 3 is 2.28 bits per heavy atom. The summed E-state index contributed by atoms with van der Waals surface area (Å²) in [6, 6.07) is 0.0407. The van der Waals surface area contributed by atoms with Crippen LogP contribution < -0.4 is 5.56 Å². The van der Waals surface area contributed by atoms with Gasteiger partial charge in [0.25, 0.3) is 5.56 Å². The molecule has 1 rings (SSSR count). The minimum Gasteiger partial charge on any atom is -0.480 e. The van der Waals surface area contributed by atoms with Gasteiger partial charge >= 0.3 is 12.1 Å². The zero-order chi connectivity index (χ0) is 14.1. The summed E-state index contributed by atoms with van der Waals surface area (Å²) < 4.78 is 38.1. The van der Waals surface area contributed by atoms with Crippen LogP contribution in [0.3, 0.4) is 0 Å². The summed E-state index contributed by atoms with van der Waals surface area (Å²) in [6.45, 7) is 3.04. The second kappa shape index (κ2) is 4.83. The normalized spacial score (nSPS) is 13.7. The molecule has 1 aromatic rings. The molecule has 0 saturated heterocycles. The number of carboxylic acids is 1. The lowest BCUT2D eigenvalue weighted by Gasteiger charge is -2.20. The molecule has 0 amide bonds. The molecule has 0 aliphatic rings. The lowest BCUT2D eigenvalue weighted by atomic mass is 10.0. The molecule has 0 bridgehead atoms. The van der Waals surface area contributed by atoms with Crippen LogP contribution in [0, 0.1) is 5.92 Å². The van der Waals surface area contributed by atoms with E-state index in [0.717, 1.165) is 6.07 Å². The number of halogens is 3. The van der Waals surface area contributed by atoms with E-state index in [2.05, 4.69) is 0 Å². The van der Waals surface area contributed by atoms with Gasteiger partial charge in [0.1, 0.15) is 6.04 Å². The van der Waals surface area contributed by atoms with Gasteiger partial charge in [-0.25, -0.2) is 4.79 Å². The summed E-state index contributed by atoms with van der Waals surface area (Å²) in [5, 5.41) is 8.97. The van der Waals surface area contributed by atoms with Gasteiger partial charge in [0.05, 0.1) is 5.56 Å². The van der Waals surface area contributed by atoms with Gasteiger partial charge in [-0.1, -0.05) is 13.8 Å². The molecule has 1 N–H and O–H groups in total. The van der Waals surface area contributed by atoms with E-state index in [1.165, 1.54) is 13.8 Å². The standard InChI is InChI=1S/C11H12F3NO3/c1-6(2)9(10(17)18)15-5-7(11(12,13)14)3-4-8(15)16/h3-6,9H,1-2H3,(H,17,18). The highest BCUT2D eigenvalue weighted by Crippen LogP contribution is 2.29. The van der Waals surface area contributed by atoms with Crippen LogP contribution in [0.1, 0.15) is 25.5 Å². The van der Waals surface area contributed by atoms with E-state index >= 15 is 0 Å². The quantitative estimate of drug-likeness (QED) is 0.909. The predicted molar refractivity (Wildman–Crippen MR) is 57.2 cm³/mol. The first-order chi connectivity index (χ1) is 8.14. The predicted octanol–water partition coefficient (Wildman–Crippen LogP) is 2.15. The van der Waals surface area contributed by atoms with Gasteiger partial charge in [-0.15, -0.1) is 0 Å². The summed E-state index contributed by atoms with van der Waals surface area (Å²) >= 11 is 0. The van der Waals surface area contributed by atoms with Gasteiger partial charge in [-0.05, 0) is 12.0 Å². The van der Waals surface area contributed by atoms with E-state index in [4.69, 9.17) is 5.11 Å². The zero-order valence-electron chi connectivity index (χ0n) is 9.73. The summed E-state index contributed by atoms with van der Waals surface area (Å²) in [4.78, 5) is 22.5. The number of carboxylic acid groups (broad SMARTS) is 1. The van der Waals surface area contributed by atoms with Crippen molar-refractivity contribution in [2.75, 3.05) is 0 Å². The number of nitrogens with zero attached hydrogens (tertiary/aromatic N) is 1. The van der Waals surface area contributed by atoms with E-state index < -0.39 is 35.2 Å². The SMILES string of the molecule is CC(C)C(C(=O)O)n1cc(C(F)(F)F)ccc1=O. The molecular weight excluding hydrogens is 251 g/mol. The summed E-state index contributed by atoms with van der Waals surface area (Å²) in [6.07, 6.45) is -4.07. The molecule has 100 valence electrons. The van der Waals surface area contributed by atoms with Crippen LogP contribution in [-0.2, 0) is 11.0 Å². The van der Waals surface area contributed by atoms with E-state index in [0.29, 0.717) is 16.8 Å². The maximum atomic E-state index is 12.5. The van der Waals surface area contributed by atoms with Crippen molar-refractivity contribution in [2.24, 2.45) is 5.92 Å². The molecule has 0 spiro atoms. The van der Waals surface area contributed by atoms with Gasteiger partial charge in [0.15, 0.2) is 0 Å². The molecular formula is C11H12F3NO3. The zero-order valence-corrected chi connectivity index (χ0v) is 9.73. The maximum Gasteiger partial charge on any atom is 0.417 e. The first-order valence-corrected chi connectivity index (χ1v) is 5.16. The number of aromatic nitrogens is 1. The molecule has 1 aromatic heterocycles. The molecule has 0 saturated carbocycles. The fourth-order valence-electron chi connectivity index (χ4n) is 1.61. The number of hydrogen-bond acceptors (Lipinski definition) is 2. The first kappa shape index (κ1) is 14.3. The molecule has 1 heterocycles. The third-order valence-electron chi connectivity index (χ3n) is 2.45. The van der Waals surface area contributed by atoms with Crippen LogP contribution in [0.4, 0.5) is 13.2 Å². The summed E-state index contributed by atoms with van der Waals surface area (Å²) in [7, 11) is 0. The molecule has 0 aliphatic carbocycles. The van der Waals surface area contributed by atoms with Crippen molar-refractivity contribution in [3.8, 4) is 0 Å². The molecule has 0 aliphatic heterocycles. The van der Waals surface area contributed by atoms with Gasteiger partial charge in [-0.2, -0.15) is 13.2 Å². The third-order valence-corrected chi connectivity index (χ3v) is 2.45. The van der Waals surface area contributed by atoms with Crippen molar-refractivity contribution >= 4 is 5.97 Å². The minimum atomic E-state index is -4.62. The van der Waals surface area contributed by atoms with Crippen LogP contribution in [-0.4, -0.2) is 15.6 Å². The molecule has 18 heavy (non-hydrogen) atoms. The van der Waals surface area contributed by atoms with E-state index in [-0.39, 0.29) is 0 Å². The van der Waals surface area contributed by atoms with Gasteiger partial charge in [0.2, 0.25) is 0 Å². The summed E-state index contributed by atoms with van der Waals surface area (Å²) in [5.41, 5.74) is -1.82. The van der Waals surface area contributed by atoms with Crippen molar-refractivity contribution in [3.63, 3.8) is 0 Å². The number of carbonyl (C=O) groups is 1. The Kier molecular flexibility index (Phi) is 3.83. The highest BCUT2D eigenvalue weighted by molar-refractivity contribution is 5.72. The summed E-state index contributed by atoms with van der Waals surface area (Å²) in [5.74, 6) is -1.85. The number of hydrogen-bond donors (Lipinski definition) is 1. The Morgan fingerprint density at radius 1 is 1.33 bits per heavy atom. The number of pyridine rings is 1. The fraction of sp³-hybridized carbons (Fsp3) is 0.455. The Balaban J connectivity index is 3.39. The largest absolute Gasteiger partial charge is 0.480 e. The highest BCUT2D eigenvalue weighted by atomic mass is 19.4. The molecule has 1 unspecified atom stereocenters. The molecule has 4 nitrogen and oxygen atoms in total. The molecule has 7 heteroatoms. The van der Waals surface area contributed by atoms with Crippen LogP contribution in [0.15, 0.2) is 23.1 Å². The van der Waals surface area contributed by atoms with E-state index in [1.54, 1.807) is 0 Å². The third kappa shape index (κ3) is 2.91. The second-order valence-electron chi connectivity index (χ2n) is 4.19. The minimum absolute atomic E-state index is 0.510. The van der Waals surface area contributed by atoms with Crippen molar-refractivity contribution in [2.45, 2.75) is 26.1 Å². The fourth-order valence-corrected chi connectivity index (χ4v) is 1.61. The molecule has 0 aromatic carbocycles. The smallest absolute Gasteiger partial charge is 0.417 e. The Hall–Kier alpha value is -1.79. The number of alkyl halides is 3. The van der Waals surface area contributed by atoms with Gasteiger partial charge < -0.3 is 9.67 Å². The highest BCUT2D eigenvalue weighted by Gasteiger charge is 2.33. The lowest BCUT2D eigenvalue weighted by molar-refractivity contribution is -0.144. The topological polar surface area (TPSA) is 59.3 Å². The Labute approximate surface area is 101 Å². The van der Waals surface area contributed by atoms with Crippen molar-refractivity contribution in [1.29, 1.82) is 0 Å². The second-order valence-corrected chi connectivity index (χ2v) is 4.19. The van der Waals surface area contributed by atoms with Crippen molar-refractivity contribution in [3.05, 3.63) is 34.2 Å². The average molecular weight is 263 g/mol. The molecule has 0 fully saturated rings. The van der Waals surface area contributed by atoms with Gasteiger partial charge in [-0.3, -0.25) is 4.79 Å². The Morgan fingerprint density at radius 2 is 1.89 bits per heavy atom. The Bertz CT molecular complexity index is 505. The average Bonchev–Trinajstić information content (AvgIpc) is 2.18. The lowest BCUT2D eigenvalue weighted by Crippen LogP contribution is -2.33. The first-order valence-electron chi connectivity index (χ1n) is 5.16. The van der Waals surface area contributed by atoms with Crippen molar-refractivity contribution < 1.29 is 23.1 Å². The van der Waals surface area contributed by atoms with Crippen LogP contribution in [0.2, 0.25) is 0 Å². The van der Waals surface area contributed by atoms with Crippen LogP contribution in [0.5, 0.6) is 0 Å². The van der Waals surface area contributed by atoms with Crippen molar-refractivity contribution in [1.82, 2.24) is 4.57 Å². The van der Waals surface area contributed by atoms with Gasteiger partial charge in [0, 0.05) is 12.3 Å². The number of aliphatic carboxylic acids is 1. The van der Waals surface area contributed by atoms with Crippen LogP contribution >= 0.6 is 0 Å². The molecule has 0 radical (unpaired) electrons. The maximum absolute atomic E-state index is 12.5.